The minimum Gasteiger partial charge on any atom is -0.209 e. The van der Waals surface area contributed by atoms with Gasteiger partial charge in [-0.3, -0.25) is 0 Å². The molecule has 0 aromatic rings. The fraction of sp³-hybridized carbons (Fsp3) is 1.00. The van der Waals surface area contributed by atoms with Gasteiger partial charge in [-0.05, 0) is 0 Å². The van der Waals surface area contributed by atoms with Gasteiger partial charge in [0, 0.05) is 0 Å². The molecule has 9 heteroatoms. The first-order valence-corrected chi connectivity index (χ1v) is 4.95. The summed E-state index contributed by atoms with van der Waals surface area (Å²) in [5.41, 5.74) is 0. The van der Waals surface area contributed by atoms with Crippen LogP contribution in [0.3, 0.4) is 0 Å². The number of rotatable bonds is 2. The van der Waals surface area contributed by atoms with Gasteiger partial charge in [0.25, 0.3) is 10.0 Å². The van der Waals surface area contributed by atoms with Crippen LogP contribution in [0.1, 0.15) is 0 Å². The van der Waals surface area contributed by atoms with Gasteiger partial charge in [-0.25, -0.2) is 8.42 Å². The Morgan fingerprint density at radius 1 is 1.20 bits per heavy atom. The smallest absolute Gasteiger partial charge is 0.209 e. The summed E-state index contributed by atoms with van der Waals surface area (Å²) in [6.07, 6.45) is 0.212. The molecule has 62 valence electrons. The van der Waals surface area contributed by atoms with Gasteiger partial charge in [0.15, 0.2) is 0 Å². The SMILES string of the molecule is CS(=O)(=O)N(F)S(=O)(=O)F. The maximum absolute atomic E-state index is 11.7. The second kappa shape index (κ2) is 2.40. The first kappa shape index (κ1) is 9.72. The zero-order valence-electron chi connectivity index (χ0n) is 4.65. The predicted molar refractivity (Wildman–Crippen MR) is 27.8 cm³/mol. The minimum atomic E-state index is -5.78. The lowest BCUT2D eigenvalue weighted by Crippen LogP contribution is -2.25. The van der Waals surface area contributed by atoms with Gasteiger partial charge < -0.3 is 0 Å². The van der Waals surface area contributed by atoms with Crippen molar-refractivity contribution in [3.63, 3.8) is 0 Å². The molecule has 0 aliphatic heterocycles. The molecular weight excluding hydrogens is 192 g/mol. The first-order valence-electron chi connectivity index (χ1n) is 1.76. The van der Waals surface area contributed by atoms with Gasteiger partial charge in [-0.15, -0.1) is 0 Å². The van der Waals surface area contributed by atoms with Crippen molar-refractivity contribution in [1.82, 2.24) is 3.93 Å². The number of hydrogen-bond acceptors (Lipinski definition) is 4. The van der Waals surface area contributed by atoms with E-state index in [1.807, 2.05) is 0 Å². The summed E-state index contributed by atoms with van der Waals surface area (Å²) in [6.45, 7) is 0. The van der Waals surface area contributed by atoms with Crippen molar-refractivity contribution in [2.45, 2.75) is 0 Å². The van der Waals surface area contributed by atoms with E-state index in [-0.39, 0.29) is 6.26 Å². The van der Waals surface area contributed by atoms with Crippen LogP contribution in [0.2, 0.25) is 0 Å². The minimum absolute atomic E-state index is 0.212. The Morgan fingerprint density at radius 3 is 1.50 bits per heavy atom. The number of halogens is 2. The van der Waals surface area contributed by atoms with Crippen LogP contribution >= 0.6 is 0 Å². The Hall–Kier alpha value is -0.280. The summed E-state index contributed by atoms with van der Waals surface area (Å²) in [5.74, 6) is 0. The van der Waals surface area contributed by atoms with Gasteiger partial charge in [0.1, 0.15) is 3.93 Å². The first-order chi connectivity index (χ1) is 4.15. The highest BCUT2D eigenvalue weighted by atomic mass is 32.3. The highest BCUT2D eigenvalue weighted by molar-refractivity contribution is 8.01. The highest BCUT2D eigenvalue weighted by Crippen LogP contribution is 2.07. The molecule has 0 aromatic heterocycles. The maximum atomic E-state index is 11.7. The summed E-state index contributed by atoms with van der Waals surface area (Å²) in [4.78, 5) is 0. The van der Waals surface area contributed by atoms with Gasteiger partial charge in [-0.1, -0.05) is 8.37 Å². The standard InChI is InChI=1S/CH3F2NO4S2/c1-9(5,6)4(2)10(3,7)8/h1H3. The Kier molecular flexibility index (Phi) is 2.33. The molecule has 0 saturated heterocycles. The third-order valence-corrected chi connectivity index (χ3v) is 2.64. The van der Waals surface area contributed by atoms with Crippen LogP contribution < -0.4 is 0 Å². The van der Waals surface area contributed by atoms with E-state index in [0.29, 0.717) is 0 Å². The van der Waals surface area contributed by atoms with Crippen LogP contribution in [0.4, 0.5) is 8.37 Å². The van der Waals surface area contributed by atoms with Gasteiger partial charge in [0.05, 0.1) is 6.26 Å². The molecule has 0 rings (SSSR count). The van der Waals surface area contributed by atoms with Gasteiger partial charge in [0.2, 0.25) is 0 Å². The number of hydrogen-bond donors (Lipinski definition) is 0. The largest absolute Gasteiger partial charge is 0.415 e. The molecule has 0 N–H and O–H groups in total. The quantitative estimate of drug-likeness (QED) is 0.433. The monoisotopic (exact) mass is 195 g/mol. The third-order valence-electron chi connectivity index (χ3n) is 0.432. The molecule has 0 fully saturated rings. The molecule has 0 bridgehead atoms. The fourth-order valence-corrected chi connectivity index (χ4v) is 1.46. The molecule has 0 atom stereocenters. The summed E-state index contributed by atoms with van der Waals surface area (Å²) in [7, 11) is -10.4. The van der Waals surface area contributed by atoms with Crippen molar-refractivity contribution >= 4 is 20.4 Å². The summed E-state index contributed by atoms with van der Waals surface area (Å²) < 4.78 is 60.1. The Morgan fingerprint density at radius 2 is 1.50 bits per heavy atom. The van der Waals surface area contributed by atoms with Crippen molar-refractivity contribution in [3.8, 4) is 0 Å². The van der Waals surface area contributed by atoms with E-state index < -0.39 is 24.4 Å². The summed E-state index contributed by atoms with van der Waals surface area (Å²) in [6, 6.07) is 0. The lowest BCUT2D eigenvalue weighted by Gasteiger charge is -2.00. The Bertz CT molecular complexity index is 270. The van der Waals surface area contributed by atoms with Crippen LogP contribution in [0, 0.1) is 0 Å². The second-order valence-corrected chi connectivity index (χ2v) is 4.52. The Labute approximate surface area is 56.6 Å². The molecule has 0 aliphatic rings. The van der Waals surface area contributed by atoms with E-state index in [9.17, 15) is 25.2 Å². The Balaban J connectivity index is 4.94. The summed E-state index contributed by atoms with van der Waals surface area (Å²) in [5, 5.41) is 0. The van der Waals surface area contributed by atoms with Crippen molar-refractivity contribution < 1.29 is 25.2 Å². The lowest BCUT2D eigenvalue weighted by molar-refractivity contribution is 0.240. The molecule has 0 spiro atoms. The van der Waals surface area contributed by atoms with Crippen molar-refractivity contribution in [3.05, 3.63) is 0 Å². The summed E-state index contributed by atoms with van der Waals surface area (Å²) >= 11 is 0. The molecule has 0 heterocycles. The maximum Gasteiger partial charge on any atom is 0.415 e. The zero-order valence-corrected chi connectivity index (χ0v) is 6.29. The second-order valence-electron chi connectivity index (χ2n) is 1.36. The van der Waals surface area contributed by atoms with E-state index in [1.165, 1.54) is 0 Å². The molecule has 0 unspecified atom stereocenters. The molecule has 0 radical (unpaired) electrons. The van der Waals surface area contributed by atoms with E-state index in [1.54, 1.807) is 0 Å². The third kappa shape index (κ3) is 2.54. The zero-order chi connectivity index (χ0) is 8.58. The molecule has 0 aromatic carbocycles. The molecular formula is CH3F2NO4S2. The molecule has 5 nitrogen and oxygen atoms in total. The molecule has 10 heavy (non-hydrogen) atoms. The van der Waals surface area contributed by atoms with E-state index >= 15 is 0 Å². The molecule has 0 saturated carbocycles. The van der Waals surface area contributed by atoms with Crippen LogP contribution in [-0.2, 0) is 20.4 Å². The highest BCUT2D eigenvalue weighted by Gasteiger charge is 2.30. The normalized spacial score (nSPS) is 14.0. The van der Waals surface area contributed by atoms with E-state index in [2.05, 4.69) is 0 Å². The number of nitrogens with zero attached hydrogens (tertiary/aromatic N) is 1. The van der Waals surface area contributed by atoms with Crippen LogP contribution in [-0.4, -0.2) is 27.0 Å². The van der Waals surface area contributed by atoms with Crippen molar-refractivity contribution in [2.75, 3.05) is 6.26 Å². The van der Waals surface area contributed by atoms with Crippen LogP contribution in [0.5, 0.6) is 0 Å². The van der Waals surface area contributed by atoms with Crippen LogP contribution in [0.25, 0.3) is 0 Å². The average molecular weight is 195 g/mol. The van der Waals surface area contributed by atoms with Gasteiger partial charge >= 0.3 is 10.4 Å². The molecule has 0 aliphatic carbocycles. The van der Waals surface area contributed by atoms with Gasteiger partial charge in [-0.2, -0.15) is 8.42 Å². The van der Waals surface area contributed by atoms with Crippen LogP contribution in [0.15, 0.2) is 0 Å². The van der Waals surface area contributed by atoms with E-state index in [4.69, 9.17) is 0 Å². The number of sulfonamides is 1. The van der Waals surface area contributed by atoms with Crippen molar-refractivity contribution in [2.24, 2.45) is 0 Å². The lowest BCUT2D eigenvalue weighted by atomic mass is 12.0. The average Bonchev–Trinajstić information content (AvgIpc) is 1.59. The predicted octanol–water partition coefficient (Wildman–Crippen LogP) is -0.653. The van der Waals surface area contributed by atoms with Crippen molar-refractivity contribution in [1.29, 1.82) is 0 Å². The van der Waals surface area contributed by atoms with E-state index in [0.717, 1.165) is 0 Å². The topological polar surface area (TPSA) is 71.5 Å². The molecule has 0 amide bonds. The fourth-order valence-electron chi connectivity index (χ4n) is 0.162.